The molecule has 1 aromatic carbocycles. The van der Waals surface area contributed by atoms with Crippen LogP contribution in [-0.4, -0.2) is 47.2 Å². The standard InChI is InChI=1S/C17H22N4O4/c1-11(2)19-15(22)8-9-18-16(23)13-10-14(17(24)25)21(20-13)12-6-4-3-5-7-12/h3-7,11,14H,8-10H2,1-2H3,(H,18,23)(H,19,22)(H,24,25). The third-order valence-electron chi connectivity index (χ3n) is 3.57. The average Bonchev–Trinajstić information content (AvgIpc) is 3.00. The minimum absolute atomic E-state index is 0.00819. The molecule has 8 nitrogen and oxygen atoms in total. The van der Waals surface area contributed by atoms with E-state index in [1.807, 2.05) is 19.9 Å². The first-order chi connectivity index (χ1) is 11.9. The minimum atomic E-state index is -1.05. The number of nitrogens with zero attached hydrogens (tertiary/aromatic N) is 2. The molecular formula is C17H22N4O4. The monoisotopic (exact) mass is 346 g/mol. The number of rotatable bonds is 7. The molecule has 1 atom stereocenters. The summed E-state index contributed by atoms with van der Waals surface area (Å²) in [4.78, 5) is 35.2. The highest BCUT2D eigenvalue weighted by molar-refractivity contribution is 6.40. The van der Waals surface area contributed by atoms with Gasteiger partial charge in [0.15, 0.2) is 6.04 Å². The number of nitrogens with one attached hydrogen (secondary N) is 2. The second-order valence-corrected chi connectivity index (χ2v) is 6.01. The number of aliphatic carboxylic acids is 1. The number of carbonyl (C=O) groups excluding carboxylic acids is 2. The molecule has 1 aliphatic rings. The second-order valence-electron chi connectivity index (χ2n) is 6.01. The zero-order valence-corrected chi connectivity index (χ0v) is 14.2. The second kappa shape index (κ2) is 8.27. The molecule has 1 aromatic rings. The topological polar surface area (TPSA) is 111 Å². The fraction of sp³-hybridized carbons (Fsp3) is 0.412. The van der Waals surface area contributed by atoms with E-state index >= 15 is 0 Å². The summed E-state index contributed by atoms with van der Waals surface area (Å²) in [6.07, 6.45) is 0.163. The first-order valence-electron chi connectivity index (χ1n) is 8.10. The number of amides is 2. The first kappa shape index (κ1) is 18.4. The number of hydrogen-bond donors (Lipinski definition) is 3. The SMILES string of the molecule is CC(C)NC(=O)CCNC(=O)C1=NN(c2ccccc2)C(C(=O)O)C1. The Kier molecular flexibility index (Phi) is 6.10. The average molecular weight is 346 g/mol. The molecule has 0 bridgehead atoms. The molecule has 0 saturated carbocycles. The molecule has 1 aliphatic heterocycles. The van der Waals surface area contributed by atoms with Crippen LogP contribution in [0.2, 0.25) is 0 Å². The molecule has 2 rings (SSSR count). The van der Waals surface area contributed by atoms with Gasteiger partial charge in [-0.2, -0.15) is 5.10 Å². The summed E-state index contributed by atoms with van der Waals surface area (Å²) in [5.74, 6) is -1.66. The third kappa shape index (κ3) is 5.03. The van der Waals surface area contributed by atoms with Gasteiger partial charge in [-0.25, -0.2) is 4.79 Å². The quantitative estimate of drug-likeness (QED) is 0.674. The van der Waals surface area contributed by atoms with Crippen molar-refractivity contribution in [2.45, 2.75) is 38.8 Å². The Hall–Kier alpha value is -2.90. The molecule has 1 heterocycles. The predicted octanol–water partition coefficient (Wildman–Crippen LogP) is 0.737. The third-order valence-corrected chi connectivity index (χ3v) is 3.57. The molecule has 134 valence electrons. The predicted molar refractivity (Wildman–Crippen MR) is 93.3 cm³/mol. The van der Waals surface area contributed by atoms with Crippen molar-refractivity contribution in [2.75, 3.05) is 11.6 Å². The lowest BCUT2D eigenvalue weighted by Crippen LogP contribution is -2.37. The van der Waals surface area contributed by atoms with E-state index in [-0.39, 0.29) is 37.0 Å². The van der Waals surface area contributed by atoms with Gasteiger partial charge in [0.2, 0.25) is 5.91 Å². The number of carbonyl (C=O) groups is 3. The number of carboxylic acid groups (broad SMARTS) is 1. The van der Waals surface area contributed by atoms with Crippen LogP contribution in [0.5, 0.6) is 0 Å². The van der Waals surface area contributed by atoms with Crippen molar-refractivity contribution >= 4 is 29.2 Å². The van der Waals surface area contributed by atoms with E-state index in [1.165, 1.54) is 5.01 Å². The summed E-state index contributed by atoms with van der Waals surface area (Å²) in [5, 5.41) is 20.2. The molecule has 0 spiro atoms. The van der Waals surface area contributed by atoms with Crippen LogP contribution in [-0.2, 0) is 14.4 Å². The molecule has 8 heteroatoms. The molecule has 2 amide bonds. The van der Waals surface area contributed by atoms with Crippen LogP contribution >= 0.6 is 0 Å². The number of benzene rings is 1. The highest BCUT2D eigenvalue weighted by Crippen LogP contribution is 2.24. The number of anilines is 1. The Morgan fingerprint density at radius 3 is 2.56 bits per heavy atom. The van der Waals surface area contributed by atoms with Crippen LogP contribution in [0.4, 0.5) is 5.69 Å². The number of para-hydroxylation sites is 1. The van der Waals surface area contributed by atoms with Gasteiger partial charge >= 0.3 is 5.97 Å². The van der Waals surface area contributed by atoms with Crippen LogP contribution in [0.3, 0.4) is 0 Å². The maximum Gasteiger partial charge on any atom is 0.328 e. The highest BCUT2D eigenvalue weighted by atomic mass is 16.4. The van der Waals surface area contributed by atoms with E-state index < -0.39 is 17.9 Å². The van der Waals surface area contributed by atoms with Crippen LogP contribution in [0.25, 0.3) is 0 Å². The van der Waals surface area contributed by atoms with Gasteiger partial charge in [0.1, 0.15) is 5.71 Å². The van der Waals surface area contributed by atoms with Gasteiger partial charge in [-0.3, -0.25) is 14.6 Å². The van der Waals surface area contributed by atoms with Gasteiger partial charge in [0.25, 0.3) is 5.91 Å². The molecule has 25 heavy (non-hydrogen) atoms. The maximum absolute atomic E-state index is 12.2. The van der Waals surface area contributed by atoms with Gasteiger partial charge in [0.05, 0.1) is 5.69 Å². The van der Waals surface area contributed by atoms with Crippen molar-refractivity contribution in [3.05, 3.63) is 30.3 Å². The van der Waals surface area contributed by atoms with E-state index in [1.54, 1.807) is 24.3 Å². The smallest absolute Gasteiger partial charge is 0.328 e. The van der Waals surface area contributed by atoms with E-state index in [0.717, 1.165) is 0 Å². The zero-order chi connectivity index (χ0) is 18.4. The van der Waals surface area contributed by atoms with Crippen molar-refractivity contribution < 1.29 is 19.5 Å². The summed E-state index contributed by atoms with van der Waals surface area (Å²) in [6, 6.07) is 7.94. The van der Waals surface area contributed by atoms with Crippen LogP contribution in [0.15, 0.2) is 35.4 Å². The lowest BCUT2D eigenvalue weighted by atomic mass is 10.1. The van der Waals surface area contributed by atoms with Crippen molar-refractivity contribution in [1.82, 2.24) is 10.6 Å². The van der Waals surface area contributed by atoms with Crippen molar-refractivity contribution in [2.24, 2.45) is 5.10 Å². The Morgan fingerprint density at radius 2 is 1.96 bits per heavy atom. The van der Waals surface area contributed by atoms with Crippen molar-refractivity contribution in [1.29, 1.82) is 0 Å². The van der Waals surface area contributed by atoms with Gasteiger partial charge in [0, 0.05) is 25.4 Å². The van der Waals surface area contributed by atoms with Gasteiger partial charge in [-0.05, 0) is 26.0 Å². The fourth-order valence-corrected chi connectivity index (χ4v) is 2.44. The molecule has 0 radical (unpaired) electrons. The number of hydrazone groups is 1. The normalized spacial score (nSPS) is 16.5. The molecule has 1 unspecified atom stereocenters. The van der Waals surface area contributed by atoms with Gasteiger partial charge < -0.3 is 15.7 Å². The molecule has 0 saturated heterocycles. The Morgan fingerprint density at radius 1 is 1.28 bits per heavy atom. The Bertz CT molecular complexity index is 672. The molecule has 0 aliphatic carbocycles. The van der Waals surface area contributed by atoms with E-state index in [4.69, 9.17) is 0 Å². The van der Waals surface area contributed by atoms with Crippen molar-refractivity contribution in [3.8, 4) is 0 Å². The molecular weight excluding hydrogens is 324 g/mol. The minimum Gasteiger partial charge on any atom is -0.480 e. The number of hydrogen-bond acceptors (Lipinski definition) is 5. The highest BCUT2D eigenvalue weighted by Gasteiger charge is 2.36. The summed E-state index contributed by atoms with van der Waals surface area (Å²) >= 11 is 0. The maximum atomic E-state index is 12.2. The van der Waals surface area contributed by atoms with Crippen LogP contribution in [0, 0.1) is 0 Å². The summed E-state index contributed by atoms with van der Waals surface area (Å²) in [6.45, 7) is 3.88. The van der Waals surface area contributed by atoms with Gasteiger partial charge in [-0.1, -0.05) is 18.2 Å². The van der Waals surface area contributed by atoms with Crippen LogP contribution < -0.4 is 15.6 Å². The largest absolute Gasteiger partial charge is 0.480 e. The fourth-order valence-electron chi connectivity index (χ4n) is 2.44. The lowest BCUT2D eigenvalue weighted by molar-refractivity contribution is -0.138. The van der Waals surface area contributed by atoms with Crippen LogP contribution in [0.1, 0.15) is 26.7 Å². The molecule has 0 aromatic heterocycles. The Balaban J connectivity index is 1.97. The van der Waals surface area contributed by atoms with E-state index in [2.05, 4.69) is 15.7 Å². The van der Waals surface area contributed by atoms with E-state index in [9.17, 15) is 19.5 Å². The molecule has 3 N–H and O–H groups in total. The molecule has 0 fully saturated rings. The van der Waals surface area contributed by atoms with Gasteiger partial charge in [-0.15, -0.1) is 0 Å². The Labute approximate surface area is 145 Å². The summed E-state index contributed by atoms with van der Waals surface area (Å²) in [5.41, 5.74) is 0.745. The lowest BCUT2D eigenvalue weighted by Gasteiger charge is -2.19. The zero-order valence-electron chi connectivity index (χ0n) is 14.2. The summed E-state index contributed by atoms with van der Waals surface area (Å²) < 4.78 is 0. The number of carboxylic acids is 1. The van der Waals surface area contributed by atoms with E-state index in [0.29, 0.717) is 5.69 Å². The summed E-state index contributed by atoms with van der Waals surface area (Å²) in [7, 11) is 0. The van der Waals surface area contributed by atoms with Crippen molar-refractivity contribution in [3.63, 3.8) is 0 Å². The first-order valence-corrected chi connectivity index (χ1v) is 8.10.